The Morgan fingerprint density at radius 3 is 3.00 bits per heavy atom. The van der Waals surface area contributed by atoms with E-state index in [9.17, 15) is 9.59 Å². The van der Waals surface area contributed by atoms with Crippen molar-refractivity contribution in [2.75, 3.05) is 13.2 Å². The van der Waals surface area contributed by atoms with Crippen LogP contribution in [-0.2, 0) is 14.3 Å². The molecule has 1 amide bonds. The summed E-state index contributed by atoms with van der Waals surface area (Å²) < 4.78 is 4.49. The molecule has 1 N–H and O–H groups in total. The molecular formula is C6H8NO3. The monoisotopic (exact) mass is 142 g/mol. The van der Waals surface area contributed by atoms with E-state index >= 15 is 0 Å². The smallest absolute Gasteiger partial charge is 0.330 e. The summed E-state index contributed by atoms with van der Waals surface area (Å²) in [5, 5.41) is 2.21. The average molecular weight is 142 g/mol. The minimum Gasteiger partial charge on any atom is -0.461 e. The topological polar surface area (TPSA) is 55.4 Å². The quantitative estimate of drug-likeness (QED) is 0.241. The SMILES string of the molecule is C=CC(=O)OCCN[C]=O. The van der Waals surface area contributed by atoms with E-state index in [0.29, 0.717) is 0 Å². The summed E-state index contributed by atoms with van der Waals surface area (Å²) in [6.07, 6.45) is 2.50. The molecule has 0 unspecified atom stereocenters. The number of hydrogen-bond acceptors (Lipinski definition) is 3. The van der Waals surface area contributed by atoms with E-state index in [1.54, 1.807) is 0 Å². The van der Waals surface area contributed by atoms with Gasteiger partial charge in [0, 0.05) is 6.08 Å². The minimum absolute atomic E-state index is 0.153. The molecule has 0 aliphatic carbocycles. The van der Waals surface area contributed by atoms with Gasteiger partial charge in [-0.15, -0.1) is 0 Å². The van der Waals surface area contributed by atoms with Crippen LogP contribution < -0.4 is 5.32 Å². The molecular weight excluding hydrogens is 134 g/mol. The Labute approximate surface area is 58.9 Å². The first-order chi connectivity index (χ1) is 4.81. The van der Waals surface area contributed by atoms with Gasteiger partial charge in [0.05, 0.1) is 6.54 Å². The van der Waals surface area contributed by atoms with Crippen molar-refractivity contribution in [1.82, 2.24) is 5.32 Å². The van der Waals surface area contributed by atoms with Gasteiger partial charge < -0.3 is 10.1 Å². The number of rotatable bonds is 5. The summed E-state index contributed by atoms with van der Waals surface area (Å²) in [4.78, 5) is 19.8. The van der Waals surface area contributed by atoms with E-state index in [4.69, 9.17) is 0 Å². The highest BCUT2D eigenvalue weighted by Crippen LogP contribution is 1.75. The van der Waals surface area contributed by atoms with Gasteiger partial charge in [-0.05, 0) is 0 Å². The molecule has 0 spiro atoms. The molecule has 0 fully saturated rings. The van der Waals surface area contributed by atoms with E-state index in [2.05, 4.69) is 16.6 Å². The Balaban J connectivity index is 3.11. The molecule has 4 heteroatoms. The maximum absolute atomic E-state index is 10.3. The van der Waals surface area contributed by atoms with Gasteiger partial charge in [-0.25, -0.2) is 4.79 Å². The van der Waals surface area contributed by atoms with Gasteiger partial charge in [0.1, 0.15) is 6.61 Å². The van der Waals surface area contributed by atoms with Gasteiger partial charge in [0.15, 0.2) is 0 Å². The zero-order chi connectivity index (χ0) is 7.82. The summed E-state index contributed by atoms with van der Waals surface area (Å²) in [7, 11) is 0. The molecule has 10 heavy (non-hydrogen) atoms. The number of esters is 1. The lowest BCUT2D eigenvalue weighted by Crippen LogP contribution is -2.18. The van der Waals surface area contributed by atoms with Crippen LogP contribution in [0.25, 0.3) is 0 Å². The lowest BCUT2D eigenvalue weighted by Gasteiger charge is -1.98. The standard InChI is InChI=1S/C6H8NO3/c1-2-6(9)10-4-3-7-5-8/h2H,1,3-4H2,(H,7,8). The molecule has 0 heterocycles. The minimum atomic E-state index is -0.493. The Morgan fingerprint density at radius 1 is 1.80 bits per heavy atom. The van der Waals surface area contributed by atoms with Crippen LogP contribution >= 0.6 is 0 Å². The van der Waals surface area contributed by atoms with Gasteiger partial charge >= 0.3 is 12.4 Å². The molecule has 55 valence electrons. The second-order valence-electron chi connectivity index (χ2n) is 1.40. The molecule has 0 bridgehead atoms. The maximum atomic E-state index is 10.3. The lowest BCUT2D eigenvalue weighted by atomic mass is 10.6. The summed E-state index contributed by atoms with van der Waals surface area (Å²) in [5.41, 5.74) is 0. The van der Waals surface area contributed by atoms with E-state index in [0.717, 1.165) is 6.08 Å². The van der Waals surface area contributed by atoms with Crippen molar-refractivity contribution in [3.63, 3.8) is 0 Å². The van der Waals surface area contributed by atoms with Crippen molar-refractivity contribution in [3.8, 4) is 0 Å². The van der Waals surface area contributed by atoms with Crippen molar-refractivity contribution in [2.24, 2.45) is 0 Å². The summed E-state index contributed by atoms with van der Waals surface area (Å²) in [6, 6.07) is 0. The predicted octanol–water partition coefficient (Wildman–Crippen LogP) is -0.628. The molecule has 0 saturated carbocycles. The van der Waals surface area contributed by atoms with E-state index in [1.165, 1.54) is 6.41 Å². The summed E-state index contributed by atoms with van der Waals surface area (Å²) >= 11 is 0. The molecule has 0 aliphatic heterocycles. The van der Waals surface area contributed by atoms with Crippen LogP contribution in [0.3, 0.4) is 0 Å². The fourth-order valence-corrected chi connectivity index (χ4v) is 0.313. The van der Waals surface area contributed by atoms with Crippen molar-refractivity contribution in [1.29, 1.82) is 0 Å². The number of hydrogen-bond donors (Lipinski definition) is 1. The molecule has 1 radical (unpaired) electrons. The fraction of sp³-hybridized carbons (Fsp3) is 0.333. The van der Waals surface area contributed by atoms with Crippen molar-refractivity contribution >= 4 is 12.4 Å². The number of carbonyl (C=O) groups excluding carboxylic acids is 2. The van der Waals surface area contributed by atoms with Gasteiger partial charge in [-0.3, -0.25) is 4.79 Å². The summed E-state index contributed by atoms with van der Waals surface area (Å²) in [6.45, 7) is 3.62. The highest BCUT2D eigenvalue weighted by molar-refractivity contribution is 5.81. The van der Waals surface area contributed by atoms with Crippen LogP contribution in [0.2, 0.25) is 0 Å². The lowest BCUT2D eigenvalue weighted by molar-refractivity contribution is -0.137. The average Bonchev–Trinajstić information content (AvgIpc) is 1.98. The highest BCUT2D eigenvalue weighted by atomic mass is 16.5. The number of ether oxygens (including phenoxy) is 1. The Kier molecular flexibility index (Phi) is 5.04. The number of nitrogens with one attached hydrogen (secondary N) is 1. The van der Waals surface area contributed by atoms with E-state index in [1.807, 2.05) is 0 Å². The zero-order valence-corrected chi connectivity index (χ0v) is 5.42. The van der Waals surface area contributed by atoms with Crippen molar-refractivity contribution < 1.29 is 14.3 Å². The highest BCUT2D eigenvalue weighted by Gasteiger charge is 1.92. The molecule has 0 saturated heterocycles. The molecule has 0 aromatic heterocycles. The second-order valence-corrected chi connectivity index (χ2v) is 1.40. The normalized spacial score (nSPS) is 8.00. The third kappa shape index (κ3) is 4.83. The molecule has 0 aromatic rings. The first-order valence-corrected chi connectivity index (χ1v) is 2.70. The van der Waals surface area contributed by atoms with Gasteiger partial charge in [0.2, 0.25) is 0 Å². The number of carbonyl (C=O) groups is 1. The molecule has 0 aliphatic rings. The van der Waals surface area contributed by atoms with Crippen LogP contribution in [0, 0.1) is 0 Å². The van der Waals surface area contributed by atoms with Gasteiger partial charge in [0.25, 0.3) is 0 Å². The summed E-state index contributed by atoms with van der Waals surface area (Å²) in [5.74, 6) is -0.493. The number of amides is 1. The largest absolute Gasteiger partial charge is 0.461 e. The van der Waals surface area contributed by atoms with E-state index < -0.39 is 5.97 Å². The maximum Gasteiger partial charge on any atom is 0.330 e. The van der Waals surface area contributed by atoms with Crippen LogP contribution in [0.4, 0.5) is 0 Å². The van der Waals surface area contributed by atoms with Gasteiger partial charge in [-0.2, -0.15) is 0 Å². The zero-order valence-electron chi connectivity index (χ0n) is 5.42. The molecule has 0 aromatic carbocycles. The van der Waals surface area contributed by atoms with Gasteiger partial charge in [-0.1, -0.05) is 6.58 Å². The van der Waals surface area contributed by atoms with Crippen LogP contribution in [0.1, 0.15) is 0 Å². The molecule has 4 nitrogen and oxygen atoms in total. The fourth-order valence-electron chi connectivity index (χ4n) is 0.313. The third-order valence-electron chi connectivity index (χ3n) is 0.710. The van der Waals surface area contributed by atoms with Crippen molar-refractivity contribution in [3.05, 3.63) is 12.7 Å². The third-order valence-corrected chi connectivity index (χ3v) is 0.710. The van der Waals surface area contributed by atoms with Crippen molar-refractivity contribution in [2.45, 2.75) is 0 Å². The Hall–Kier alpha value is -1.32. The predicted molar refractivity (Wildman–Crippen MR) is 34.9 cm³/mol. The first kappa shape index (κ1) is 8.68. The first-order valence-electron chi connectivity index (χ1n) is 2.70. The Bertz CT molecular complexity index is 133. The Morgan fingerprint density at radius 2 is 2.50 bits per heavy atom. The van der Waals surface area contributed by atoms with Crippen LogP contribution in [0.5, 0.6) is 0 Å². The molecule has 0 rings (SSSR count). The van der Waals surface area contributed by atoms with E-state index in [-0.39, 0.29) is 13.2 Å². The second kappa shape index (κ2) is 5.81. The van der Waals surface area contributed by atoms with Crippen LogP contribution in [0.15, 0.2) is 12.7 Å². The molecule has 0 atom stereocenters. The van der Waals surface area contributed by atoms with Crippen LogP contribution in [-0.4, -0.2) is 25.5 Å².